The van der Waals surface area contributed by atoms with E-state index in [1.165, 1.54) is 18.2 Å². The van der Waals surface area contributed by atoms with Gasteiger partial charge in [0, 0.05) is 39.8 Å². The van der Waals surface area contributed by atoms with Crippen molar-refractivity contribution in [1.82, 2.24) is 10.2 Å². The van der Waals surface area contributed by atoms with Crippen LogP contribution in [0.2, 0.25) is 0 Å². The molecule has 0 radical (unpaired) electrons. The van der Waals surface area contributed by atoms with Gasteiger partial charge in [0.05, 0.1) is 0 Å². The monoisotopic (exact) mass is 296 g/mol. The molecule has 21 heavy (non-hydrogen) atoms. The quantitative estimate of drug-likeness (QED) is 0.684. The molecule has 116 valence electrons. The predicted octanol–water partition coefficient (Wildman–Crippen LogP) is 2.07. The minimum Gasteiger partial charge on any atom is -0.365 e. The molecular weight excluding hydrogens is 274 g/mol. The van der Waals surface area contributed by atoms with Crippen LogP contribution >= 0.6 is 0 Å². The van der Waals surface area contributed by atoms with Gasteiger partial charge < -0.3 is 15.1 Å². The van der Waals surface area contributed by atoms with E-state index >= 15 is 0 Å². The van der Waals surface area contributed by atoms with E-state index < -0.39 is 11.6 Å². The molecular formula is C15H22F2N4. The lowest BCUT2D eigenvalue weighted by molar-refractivity contribution is 0.544. The number of nitrogens with one attached hydrogen (secondary N) is 1. The van der Waals surface area contributed by atoms with Gasteiger partial charge in [0.25, 0.3) is 0 Å². The Bertz CT molecular complexity index is 496. The van der Waals surface area contributed by atoms with E-state index in [0.29, 0.717) is 19.6 Å². The van der Waals surface area contributed by atoms with Gasteiger partial charge in [-0.3, -0.25) is 4.99 Å². The molecule has 1 atom stereocenters. The van der Waals surface area contributed by atoms with E-state index in [4.69, 9.17) is 0 Å². The molecule has 0 saturated carbocycles. The fourth-order valence-electron chi connectivity index (χ4n) is 2.52. The Kier molecular flexibility index (Phi) is 4.98. The fourth-order valence-corrected chi connectivity index (χ4v) is 2.52. The predicted molar refractivity (Wildman–Crippen MR) is 81.8 cm³/mol. The SMILES string of the molecule is CCN=C(NC1CCN(c2c(F)cccc2F)C1)N(C)C. The third kappa shape index (κ3) is 3.62. The molecule has 1 heterocycles. The first-order valence-electron chi connectivity index (χ1n) is 7.20. The minimum atomic E-state index is -0.509. The van der Waals surface area contributed by atoms with Crippen LogP contribution in [0.4, 0.5) is 14.5 Å². The molecule has 0 aliphatic carbocycles. The van der Waals surface area contributed by atoms with Gasteiger partial charge in [-0.25, -0.2) is 8.78 Å². The maximum Gasteiger partial charge on any atom is 0.193 e. The summed E-state index contributed by atoms with van der Waals surface area (Å²) in [6.45, 7) is 3.86. The van der Waals surface area contributed by atoms with Crippen molar-refractivity contribution >= 4 is 11.6 Å². The smallest absolute Gasteiger partial charge is 0.193 e. The van der Waals surface area contributed by atoms with Gasteiger partial charge in [-0.05, 0) is 25.5 Å². The van der Waals surface area contributed by atoms with Gasteiger partial charge in [0.15, 0.2) is 5.96 Å². The summed E-state index contributed by atoms with van der Waals surface area (Å²) in [4.78, 5) is 8.05. The molecule has 2 rings (SSSR count). The van der Waals surface area contributed by atoms with Crippen LogP contribution in [0.15, 0.2) is 23.2 Å². The van der Waals surface area contributed by atoms with E-state index in [-0.39, 0.29) is 11.7 Å². The van der Waals surface area contributed by atoms with Gasteiger partial charge in [-0.1, -0.05) is 6.07 Å². The number of benzene rings is 1. The lowest BCUT2D eigenvalue weighted by Gasteiger charge is -2.23. The van der Waals surface area contributed by atoms with Gasteiger partial charge >= 0.3 is 0 Å². The number of para-hydroxylation sites is 1. The van der Waals surface area contributed by atoms with Crippen LogP contribution in [-0.4, -0.2) is 50.6 Å². The number of aliphatic imine (C=N–C) groups is 1. The standard InChI is InChI=1S/C15H22F2N4/c1-4-18-15(20(2)3)19-11-8-9-21(10-11)14-12(16)6-5-7-13(14)17/h5-7,11H,4,8-10H2,1-3H3,(H,18,19). The van der Waals surface area contributed by atoms with Crippen LogP contribution in [-0.2, 0) is 0 Å². The van der Waals surface area contributed by atoms with Crippen molar-refractivity contribution in [2.45, 2.75) is 19.4 Å². The number of guanidine groups is 1. The zero-order valence-electron chi connectivity index (χ0n) is 12.7. The first-order valence-corrected chi connectivity index (χ1v) is 7.20. The van der Waals surface area contributed by atoms with Crippen LogP contribution in [0.25, 0.3) is 0 Å². The Morgan fingerprint density at radius 2 is 2.05 bits per heavy atom. The molecule has 0 spiro atoms. The van der Waals surface area contributed by atoms with Crippen molar-refractivity contribution in [2.24, 2.45) is 4.99 Å². The molecule has 1 aliphatic rings. The van der Waals surface area contributed by atoms with Crippen molar-refractivity contribution in [3.8, 4) is 0 Å². The molecule has 1 fully saturated rings. The van der Waals surface area contributed by atoms with Gasteiger partial charge in [-0.15, -0.1) is 0 Å². The third-order valence-electron chi connectivity index (χ3n) is 3.51. The summed E-state index contributed by atoms with van der Waals surface area (Å²) in [5, 5.41) is 3.34. The van der Waals surface area contributed by atoms with E-state index in [1.807, 2.05) is 25.9 Å². The molecule has 1 saturated heterocycles. The number of anilines is 1. The number of nitrogens with zero attached hydrogens (tertiary/aromatic N) is 3. The molecule has 1 unspecified atom stereocenters. The molecule has 6 heteroatoms. The van der Waals surface area contributed by atoms with Gasteiger partial charge in [0.1, 0.15) is 17.3 Å². The van der Waals surface area contributed by atoms with E-state index in [0.717, 1.165) is 12.4 Å². The average molecular weight is 296 g/mol. The Morgan fingerprint density at radius 3 is 2.62 bits per heavy atom. The van der Waals surface area contributed by atoms with Crippen molar-refractivity contribution in [3.63, 3.8) is 0 Å². The second-order valence-corrected chi connectivity index (χ2v) is 5.34. The molecule has 1 N–H and O–H groups in total. The molecule has 0 bridgehead atoms. The van der Waals surface area contributed by atoms with Crippen LogP contribution in [0.5, 0.6) is 0 Å². The fraction of sp³-hybridized carbons (Fsp3) is 0.533. The highest BCUT2D eigenvalue weighted by atomic mass is 19.1. The van der Waals surface area contributed by atoms with Crippen molar-refractivity contribution < 1.29 is 8.78 Å². The van der Waals surface area contributed by atoms with Crippen LogP contribution in [0.1, 0.15) is 13.3 Å². The summed E-state index contributed by atoms with van der Waals surface area (Å²) in [5.41, 5.74) is 0.0700. The van der Waals surface area contributed by atoms with E-state index in [9.17, 15) is 8.78 Å². The first-order chi connectivity index (χ1) is 10.0. The number of halogens is 2. The number of rotatable bonds is 3. The lowest BCUT2D eigenvalue weighted by Crippen LogP contribution is -2.44. The Morgan fingerprint density at radius 1 is 1.38 bits per heavy atom. The topological polar surface area (TPSA) is 30.9 Å². The second-order valence-electron chi connectivity index (χ2n) is 5.34. The zero-order chi connectivity index (χ0) is 15.4. The number of hydrogen-bond acceptors (Lipinski definition) is 2. The molecule has 4 nitrogen and oxygen atoms in total. The number of hydrogen-bond donors (Lipinski definition) is 1. The molecule has 0 amide bonds. The zero-order valence-corrected chi connectivity index (χ0v) is 12.7. The van der Waals surface area contributed by atoms with Crippen LogP contribution in [0.3, 0.4) is 0 Å². The first kappa shape index (κ1) is 15.5. The maximum atomic E-state index is 13.8. The molecule has 1 aromatic rings. The van der Waals surface area contributed by atoms with Crippen LogP contribution < -0.4 is 10.2 Å². The highest BCUT2D eigenvalue weighted by Gasteiger charge is 2.27. The third-order valence-corrected chi connectivity index (χ3v) is 3.51. The maximum absolute atomic E-state index is 13.8. The Hall–Kier alpha value is -1.85. The molecule has 0 aromatic heterocycles. The molecule has 1 aliphatic heterocycles. The Labute approximate surface area is 124 Å². The molecule has 1 aromatic carbocycles. The van der Waals surface area contributed by atoms with E-state index in [1.54, 1.807) is 4.90 Å². The summed E-state index contributed by atoms with van der Waals surface area (Å²) in [6.07, 6.45) is 0.824. The second kappa shape index (κ2) is 6.74. The summed E-state index contributed by atoms with van der Waals surface area (Å²) >= 11 is 0. The highest BCUT2D eigenvalue weighted by Crippen LogP contribution is 2.26. The summed E-state index contributed by atoms with van der Waals surface area (Å²) < 4.78 is 27.6. The normalized spacial score (nSPS) is 19.0. The lowest BCUT2D eigenvalue weighted by atomic mass is 10.2. The average Bonchev–Trinajstić information content (AvgIpc) is 2.86. The van der Waals surface area contributed by atoms with Crippen LogP contribution in [0, 0.1) is 11.6 Å². The van der Waals surface area contributed by atoms with Gasteiger partial charge in [-0.2, -0.15) is 0 Å². The summed E-state index contributed by atoms with van der Waals surface area (Å²) in [5.74, 6) is -0.213. The highest BCUT2D eigenvalue weighted by molar-refractivity contribution is 5.80. The van der Waals surface area contributed by atoms with Crippen molar-refractivity contribution in [1.29, 1.82) is 0 Å². The minimum absolute atomic E-state index is 0.0700. The largest absolute Gasteiger partial charge is 0.365 e. The Balaban J connectivity index is 2.05. The van der Waals surface area contributed by atoms with Crippen molar-refractivity contribution in [3.05, 3.63) is 29.8 Å². The van der Waals surface area contributed by atoms with Gasteiger partial charge in [0.2, 0.25) is 0 Å². The van der Waals surface area contributed by atoms with Crippen molar-refractivity contribution in [2.75, 3.05) is 38.6 Å². The summed E-state index contributed by atoms with van der Waals surface area (Å²) in [6, 6.07) is 4.11. The summed E-state index contributed by atoms with van der Waals surface area (Å²) in [7, 11) is 3.84. The van der Waals surface area contributed by atoms with E-state index in [2.05, 4.69) is 10.3 Å².